The summed E-state index contributed by atoms with van der Waals surface area (Å²) in [6, 6.07) is 0. The third-order valence-corrected chi connectivity index (χ3v) is 4.28. The summed E-state index contributed by atoms with van der Waals surface area (Å²) in [5.41, 5.74) is 0.621. The van der Waals surface area contributed by atoms with Crippen molar-refractivity contribution >= 4 is 0 Å². The van der Waals surface area contributed by atoms with Gasteiger partial charge in [-0.25, -0.2) is 0 Å². The fourth-order valence-electron chi connectivity index (χ4n) is 3.78. The highest BCUT2D eigenvalue weighted by Gasteiger charge is 2.53. The topological polar surface area (TPSA) is 21.3 Å². The van der Waals surface area contributed by atoms with Gasteiger partial charge in [0, 0.05) is 20.2 Å². The molecule has 2 atom stereocenters. The van der Waals surface area contributed by atoms with Crippen molar-refractivity contribution in [1.82, 2.24) is 5.32 Å². The molecule has 0 aliphatic heterocycles. The molecule has 0 aromatic heterocycles. The molecule has 0 bridgehead atoms. The molecule has 2 fully saturated rings. The van der Waals surface area contributed by atoms with Crippen LogP contribution in [0.4, 0.5) is 0 Å². The number of nitrogens with one attached hydrogen (secondary N) is 1. The fourth-order valence-corrected chi connectivity index (χ4v) is 3.78. The zero-order chi connectivity index (χ0) is 11.6. The van der Waals surface area contributed by atoms with Crippen LogP contribution in [0.25, 0.3) is 0 Å². The third-order valence-electron chi connectivity index (χ3n) is 4.28. The standard InChI is InChI=1S/C14H27NO/c1-11(2)7-14(10-15-4-5-16-3)8-12-6-13(12)9-14/h11-13,15H,4-10H2,1-3H3. The summed E-state index contributed by atoms with van der Waals surface area (Å²) in [5, 5.41) is 3.59. The fraction of sp³-hybridized carbons (Fsp3) is 1.00. The Hall–Kier alpha value is -0.0800. The first-order valence-electron chi connectivity index (χ1n) is 6.85. The number of hydrogen-bond donors (Lipinski definition) is 1. The van der Waals surface area contributed by atoms with Gasteiger partial charge in [0.25, 0.3) is 0 Å². The summed E-state index contributed by atoms with van der Waals surface area (Å²) in [6.07, 6.45) is 5.89. The van der Waals surface area contributed by atoms with E-state index in [2.05, 4.69) is 19.2 Å². The SMILES string of the molecule is COCCNCC1(CC(C)C)CC2CC2C1. The first-order chi connectivity index (χ1) is 7.65. The Labute approximate surface area is 100 Å². The maximum absolute atomic E-state index is 5.09. The molecule has 2 aliphatic rings. The van der Waals surface area contributed by atoms with E-state index in [1.807, 2.05) is 0 Å². The predicted octanol–water partition coefficient (Wildman–Crippen LogP) is 2.68. The van der Waals surface area contributed by atoms with E-state index in [-0.39, 0.29) is 0 Å². The van der Waals surface area contributed by atoms with Gasteiger partial charge in [0.2, 0.25) is 0 Å². The van der Waals surface area contributed by atoms with Crippen molar-refractivity contribution in [3.63, 3.8) is 0 Å². The van der Waals surface area contributed by atoms with Gasteiger partial charge in [0.05, 0.1) is 6.61 Å². The lowest BCUT2D eigenvalue weighted by Crippen LogP contribution is -2.36. The predicted molar refractivity (Wildman–Crippen MR) is 67.5 cm³/mol. The molecule has 2 aliphatic carbocycles. The molecule has 94 valence electrons. The average molecular weight is 225 g/mol. The van der Waals surface area contributed by atoms with E-state index >= 15 is 0 Å². The normalized spacial score (nSPS) is 36.8. The van der Waals surface area contributed by atoms with E-state index in [0.29, 0.717) is 5.41 Å². The summed E-state index contributed by atoms with van der Waals surface area (Å²) in [5.74, 6) is 3.01. The van der Waals surface area contributed by atoms with Gasteiger partial charge in [-0.15, -0.1) is 0 Å². The minimum absolute atomic E-state index is 0.621. The Morgan fingerprint density at radius 1 is 1.31 bits per heavy atom. The molecule has 2 rings (SSSR count). The van der Waals surface area contributed by atoms with Crippen LogP contribution in [0.2, 0.25) is 0 Å². The number of hydrogen-bond acceptors (Lipinski definition) is 2. The first-order valence-corrected chi connectivity index (χ1v) is 6.85. The number of fused-ring (bicyclic) bond motifs is 1. The van der Waals surface area contributed by atoms with E-state index < -0.39 is 0 Å². The van der Waals surface area contributed by atoms with E-state index in [9.17, 15) is 0 Å². The Morgan fingerprint density at radius 2 is 2.00 bits per heavy atom. The zero-order valence-electron chi connectivity index (χ0n) is 11.1. The van der Waals surface area contributed by atoms with Gasteiger partial charge in [-0.1, -0.05) is 13.8 Å². The van der Waals surface area contributed by atoms with Gasteiger partial charge in [-0.05, 0) is 48.9 Å². The summed E-state index contributed by atoms with van der Waals surface area (Å²) < 4.78 is 5.09. The molecule has 2 nitrogen and oxygen atoms in total. The Bertz CT molecular complexity index is 217. The first kappa shape index (κ1) is 12.4. The maximum Gasteiger partial charge on any atom is 0.0587 e. The molecule has 2 saturated carbocycles. The van der Waals surface area contributed by atoms with E-state index in [1.165, 1.54) is 32.2 Å². The second-order valence-electron chi connectivity index (χ2n) is 6.43. The van der Waals surface area contributed by atoms with Crippen LogP contribution in [0.5, 0.6) is 0 Å². The van der Waals surface area contributed by atoms with Crippen LogP contribution in [-0.2, 0) is 4.74 Å². The minimum atomic E-state index is 0.621. The van der Waals surface area contributed by atoms with Crippen molar-refractivity contribution in [2.45, 2.75) is 39.5 Å². The molecule has 0 amide bonds. The molecular weight excluding hydrogens is 198 g/mol. The average Bonchev–Trinajstić information content (AvgIpc) is 2.82. The van der Waals surface area contributed by atoms with E-state index in [4.69, 9.17) is 4.74 Å². The summed E-state index contributed by atoms with van der Waals surface area (Å²) in [6.45, 7) is 7.78. The molecule has 0 aromatic carbocycles. The molecule has 2 unspecified atom stereocenters. The molecule has 2 heteroatoms. The second-order valence-corrected chi connectivity index (χ2v) is 6.43. The molecule has 0 spiro atoms. The summed E-state index contributed by atoms with van der Waals surface area (Å²) >= 11 is 0. The Morgan fingerprint density at radius 3 is 2.56 bits per heavy atom. The summed E-state index contributed by atoms with van der Waals surface area (Å²) in [4.78, 5) is 0. The molecule has 0 heterocycles. The molecule has 16 heavy (non-hydrogen) atoms. The third kappa shape index (κ3) is 2.98. The second kappa shape index (κ2) is 5.05. The maximum atomic E-state index is 5.09. The van der Waals surface area contributed by atoms with Gasteiger partial charge < -0.3 is 10.1 Å². The van der Waals surface area contributed by atoms with Crippen LogP contribution in [0, 0.1) is 23.2 Å². The lowest BCUT2D eigenvalue weighted by molar-refractivity contribution is 0.173. The van der Waals surface area contributed by atoms with Gasteiger partial charge >= 0.3 is 0 Å². The monoisotopic (exact) mass is 225 g/mol. The Balaban J connectivity index is 1.78. The van der Waals surface area contributed by atoms with E-state index in [0.717, 1.165) is 30.9 Å². The van der Waals surface area contributed by atoms with Crippen molar-refractivity contribution in [2.24, 2.45) is 23.2 Å². The van der Waals surface area contributed by atoms with Gasteiger partial charge in [-0.2, -0.15) is 0 Å². The van der Waals surface area contributed by atoms with Crippen molar-refractivity contribution in [1.29, 1.82) is 0 Å². The van der Waals surface area contributed by atoms with Crippen molar-refractivity contribution in [2.75, 3.05) is 26.8 Å². The van der Waals surface area contributed by atoms with Crippen LogP contribution >= 0.6 is 0 Å². The van der Waals surface area contributed by atoms with Gasteiger partial charge in [-0.3, -0.25) is 0 Å². The highest BCUT2D eigenvalue weighted by atomic mass is 16.5. The van der Waals surface area contributed by atoms with Crippen molar-refractivity contribution < 1.29 is 4.74 Å². The largest absolute Gasteiger partial charge is 0.383 e. The Kier molecular flexibility index (Phi) is 3.91. The van der Waals surface area contributed by atoms with Crippen LogP contribution < -0.4 is 5.32 Å². The number of rotatable bonds is 7. The van der Waals surface area contributed by atoms with Crippen LogP contribution in [0.3, 0.4) is 0 Å². The molecule has 0 radical (unpaired) electrons. The quantitative estimate of drug-likeness (QED) is 0.673. The lowest BCUT2D eigenvalue weighted by atomic mass is 9.76. The van der Waals surface area contributed by atoms with Gasteiger partial charge in [0.15, 0.2) is 0 Å². The zero-order valence-corrected chi connectivity index (χ0v) is 11.1. The minimum Gasteiger partial charge on any atom is -0.383 e. The molecule has 0 saturated heterocycles. The van der Waals surface area contributed by atoms with Crippen molar-refractivity contribution in [3.8, 4) is 0 Å². The molecule has 1 N–H and O–H groups in total. The van der Waals surface area contributed by atoms with Crippen LogP contribution in [0.1, 0.15) is 39.5 Å². The highest BCUT2D eigenvalue weighted by Crippen LogP contribution is 2.61. The van der Waals surface area contributed by atoms with E-state index in [1.54, 1.807) is 7.11 Å². The molecule has 0 aromatic rings. The number of ether oxygens (including phenoxy) is 1. The van der Waals surface area contributed by atoms with Crippen LogP contribution in [-0.4, -0.2) is 26.8 Å². The van der Waals surface area contributed by atoms with Crippen LogP contribution in [0.15, 0.2) is 0 Å². The number of methoxy groups -OCH3 is 1. The molecular formula is C14H27NO. The van der Waals surface area contributed by atoms with Crippen molar-refractivity contribution in [3.05, 3.63) is 0 Å². The lowest BCUT2D eigenvalue weighted by Gasteiger charge is -2.33. The summed E-state index contributed by atoms with van der Waals surface area (Å²) in [7, 11) is 1.77. The smallest absolute Gasteiger partial charge is 0.0587 e. The van der Waals surface area contributed by atoms with Gasteiger partial charge in [0.1, 0.15) is 0 Å². The highest BCUT2D eigenvalue weighted by molar-refractivity contribution is 5.04.